The number of methoxy groups -OCH3 is 1. The summed E-state index contributed by atoms with van der Waals surface area (Å²) in [6.07, 6.45) is 6.33. The predicted molar refractivity (Wildman–Crippen MR) is 129 cm³/mol. The number of nitrogen functional groups attached to an aromatic ring is 1. The first-order valence-electron chi connectivity index (χ1n) is 11.6. The second-order valence-electron chi connectivity index (χ2n) is 8.31. The lowest BCUT2D eigenvalue weighted by Crippen LogP contribution is -2.39. The van der Waals surface area contributed by atoms with Gasteiger partial charge in [0.2, 0.25) is 0 Å². The third-order valence-corrected chi connectivity index (χ3v) is 6.12. The summed E-state index contributed by atoms with van der Waals surface area (Å²) in [4.78, 5) is 26.5. The Morgan fingerprint density at radius 1 is 1.12 bits per heavy atom. The van der Waals surface area contributed by atoms with Crippen LogP contribution >= 0.6 is 11.6 Å². The van der Waals surface area contributed by atoms with Gasteiger partial charge in [0, 0.05) is 25.7 Å². The number of nitrogens with two attached hydrogens (primary N) is 1. The van der Waals surface area contributed by atoms with Crippen molar-refractivity contribution in [1.29, 1.82) is 0 Å². The summed E-state index contributed by atoms with van der Waals surface area (Å²) < 4.78 is 5.27. The first-order chi connectivity index (χ1) is 15.4. The van der Waals surface area contributed by atoms with Gasteiger partial charge in [-0.15, -0.1) is 0 Å². The lowest BCUT2D eigenvalue weighted by molar-refractivity contribution is 0.0933. The molecule has 1 aromatic carbocycles. The van der Waals surface area contributed by atoms with Gasteiger partial charge in [-0.2, -0.15) is 0 Å². The summed E-state index contributed by atoms with van der Waals surface area (Å²) in [5.74, 6) is 0.704. The Kier molecular flexibility index (Phi) is 11.5. The fourth-order valence-corrected chi connectivity index (χ4v) is 3.97. The van der Waals surface area contributed by atoms with Gasteiger partial charge in [0.1, 0.15) is 5.75 Å². The molecule has 1 heterocycles. The number of rotatable bonds is 12. The maximum absolute atomic E-state index is 12.6. The average Bonchev–Trinajstić information content (AvgIpc) is 2.80. The molecule has 5 N–H and O–H groups in total. The van der Waals surface area contributed by atoms with Gasteiger partial charge in [-0.3, -0.25) is 4.79 Å². The van der Waals surface area contributed by atoms with Crippen LogP contribution in [0.25, 0.3) is 0 Å². The molecule has 0 unspecified atom stereocenters. The molecule has 2 rings (SSSR count). The molecule has 1 aliphatic rings. The zero-order valence-corrected chi connectivity index (χ0v) is 20.1. The molecule has 9 heteroatoms. The molecule has 0 saturated carbocycles. The average molecular weight is 468 g/mol. The highest BCUT2D eigenvalue weighted by atomic mass is 35.5. The third kappa shape index (κ3) is 8.74. The second kappa shape index (κ2) is 14.1. The van der Waals surface area contributed by atoms with E-state index in [4.69, 9.17) is 22.1 Å². The van der Waals surface area contributed by atoms with Crippen LogP contribution in [0.3, 0.4) is 0 Å². The predicted octanol–water partition coefficient (Wildman–Crippen LogP) is 3.25. The van der Waals surface area contributed by atoms with E-state index in [1.165, 1.54) is 7.11 Å². The van der Waals surface area contributed by atoms with Gasteiger partial charge in [-0.25, -0.2) is 4.79 Å². The molecule has 0 bridgehead atoms. The Balaban J connectivity index is 1.59. The number of amides is 3. The van der Waals surface area contributed by atoms with Crippen LogP contribution in [0.5, 0.6) is 5.75 Å². The largest absolute Gasteiger partial charge is 0.496 e. The number of halogens is 1. The maximum Gasteiger partial charge on any atom is 0.314 e. The van der Waals surface area contributed by atoms with Gasteiger partial charge in [0.25, 0.3) is 5.91 Å². The van der Waals surface area contributed by atoms with E-state index in [1.54, 1.807) is 12.1 Å². The van der Waals surface area contributed by atoms with Crippen molar-refractivity contribution in [3.05, 3.63) is 22.7 Å². The normalized spacial score (nSPS) is 14.7. The van der Waals surface area contributed by atoms with E-state index in [2.05, 4.69) is 20.9 Å². The van der Waals surface area contributed by atoms with Crippen LogP contribution < -0.4 is 26.4 Å². The van der Waals surface area contributed by atoms with Crippen molar-refractivity contribution in [3.63, 3.8) is 0 Å². The van der Waals surface area contributed by atoms with Crippen molar-refractivity contribution in [1.82, 2.24) is 20.9 Å². The number of carbonyl (C=O) groups is 2. The number of nitrogens with zero attached hydrogens (tertiary/aromatic N) is 1. The molecule has 1 aromatic rings. The Bertz CT molecular complexity index is 739. The van der Waals surface area contributed by atoms with E-state index < -0.39 is 0 Å². The Morgan fingerprint density at radius 2 is 1.84 bits per heavy atom. The zero-order valence-electron chi connectivity index (χ0n) is 19.3. The number of urea groups is 1. The van der Waals surface area contributed by atoms with Gasteiger partial charge in [-0.05, 0) is 63.7 Å². The lowest BCUT2D eigenvalue weighted by atomic mass is 9.96. The number of carbonyl (C=O) groups excluding carboxylic acids is 2. The fraction of sp³-hybridized carbons (Fsp3) is 0.652. The maximum atomic E-state index is 12.6. The van der Waals surface area contributed by atoms with E-state index in [9.17, 15) is 9.59 Å². The van der Waals surface area contributed by atoms with Gasteiger partial charge in [0.05, 0.1) is 23.4 Å². The van der Waals surface area contributed by atoms with Crippen molar-refractivity contribution in [3.8, 4) is 5.75 Å². The number of piperidine rings is 1. The van der Waals surface area contributed by atoms with Crippen molar-refractivity contribution in [2.75, 3.05) is 52.1 Å². The number of hydrogen-bond acceptors (Lipinski definition) is 5. The van der Waals surface area contributed by atoms with Crippen LogP contribution in [0, 0.1) is 5.92 Å². The second-order valence-corrected chi connectivity index (χ2v) is 8.72. The summed E-state index contributed by atoms with van der Waals surface area (Å²) >= 11 is 6.07. The highest BCUT2D eigenvalue weighted by Gasteiger charge is 2.21. The molecule has 180 valence electrons. The Labute approximate surface area is 196 Å². The van der Waals surface area contributed by atoms with Crippen LogP contribution in [-0.2, 0) is 0 Å². The van der Waals surface area contributed by atoms with Gasteiger partial charge in [-0.1, -0.05) is 24.9 Å². The van der Waals surface area contributed by atoms with E-state index in [0.717, 1.165) is 71.2 Å². The van der Waals surface area contributed by atoms with Crippen LogP contribution in [-0.4, -0.2) is 63.2 Å². The minimum absolute atomic E-state index is 0.0704. The fourth-order valence-electron chi connectivity index (χ4n) is 3.80. The molecule has 0 spiro atoms. The molecule has 8 nitrogen and oxygen atoms in total. The molecule has 1 saturated heterocycles. The number of likely N-dealkylation sites (tertiary alicyclic amines) is 1. The number of hydrogen-bond donors (Lipinski definition) is 4. The van der Waals surface area contributed by atoms with Crippen LogP contribution in [0.1, 0.15) is 55.8 Å². The highest BCUT2D eigenvalue weighted by molar-refractivity contribution is 6.33. The SMILES string of the molecule is CCCNC(=O)NCCCCCN1CCC(CNC(=O)c2cc(Cl)c(N)cc2OC)CC1. The first kappa shape index (κ1) is 26.1. The van der Waals surface area contributed by atoms with E-state index in [0.29, 0.717) is 34.5 Å². The number of benzene rings is 1. The molecular weight excluding hydrogens is 430 g/mol. The van der Waals surface area contributed by atoms with Crippen molar-refractivity contribution >= 4 is 29.2 Å². The number of nitrogens with one attached hydrogen (secondary N) is 3. The molecule has 0 aromatic heterocycles. The Morgan fingerprint density at radius 3 is 2.53 bits per heavy atom. The Hall–Kier alpha value is -2.19. The first-order valence-corrected chi connectivity index (χ1v) is 12.0. The standard InChI is InChI=1S/C23H38ClN5O3/c1-3-9-26-23(31)27-10-5-4-6-11-29-12-7-17(8-13-29)16-28-22(30)18-14-19(24)20(25)15-21(18)32-2/h14-15,17H,3-13,16,25H2,1-2H3,(H,28,30)(H2,26,27,31). The number of ether oxygens (including phenoxy) is 1. The molecule has 1 aliphatic heterocycles. The van der Waals surface area contributed by atoms with E-state index >= 15 is 0 Å². The summed E-state index contributed by atoms with van der Waals surface area (Å²) in [5, 5.41) is 9.07. The van der Waals surface area contributed by atoms with Crippen molar-refractivity contribution in [2.45, 2.75) is 45.4 Å². The topological polar surface area (TPSA) is 109 Å². The molecule has 3 amide bonds. The summed E-state index contributed by atoms with van der Waals surface area (Å²) in [6.45, 7) is 7.31. The molecule has 0 aliphatic carbocycles. The van der Waals surface area contributed by atoms with Crippen molar-refractivity contribution in [2.24, 2.45) is 5.92 Å². The van der Waals surface area contributed by atoms with Crippen LogP contribution in [0.15, 0.2) is 12.1 Å². The van der Waals surface area contributed by atoms with Crippen LogP contribution in [0.4, 0.5) is 10.5 Å². The van der Waals surface area contributed by atoms with Gasteiger partial charge < -0.3 is 31.3 Å². The van der Waals surface area contributed by atoms with Gasteiger partial charge in [0.15, 0.2) is 0 Å². The lowest BCUT2D eigenvalue weighted by Gasteiger charge is -2.32. The quantitative estimate of drug-likeness (QED) is 0.278. The number of anilines is 1. The van der Waals surface area contributed by atoms with Crippen molar-refractivity contribution < 1.29 is 14.3 Å². The molecular formula is C23H38ClN5O3. The van der Waals surface area contributed by atoms with Gasteiger partial charge >= 0.3 is 6.03 Å². The van der Waals surface area contributed by atoms with E-state index in [-0.39, 0.29) is 11.9 Å². The molecule has 0 atom stereocenters. The monoisotopic (exact) mass is 467 g/mol. The minimum Gasteiger partial charge on any atom is -0.496 e. The number of unbranched alkanes of at least 4 members (excludes halogenated alkanes) is 2. The summed E-state index contributed by atoms with van der Waals surface area (Å²) in [6, 6.07) is 3.06. The molecule has 1 fully saturated rings. The minimum atomic E-state index is -0.192. The molecule has 32 heavy (non-hydrogen) atoms. The third-order valence-electron chi connectivity index (χ3n) is 5.79. The van der Waals surface area contributed by atoms with E-state index in [1.807, 2.05) is 6.92 Å². The zero-order chi connectivity index (χ0) is 23.3. The highest BCUT2D eigenvalue weighted by Crippen LogP contribution is 2.29. The van der Waals surface area contributed by atoms with Crippen LogP contribution in [0.2, 0.25) is 5.02 Å². The summed E-state index contributed by atoms with van der Waals surface area (Å²) in [7, 11) is 1.51. The summed E-state index contributed by atoms with van der Waals surface area (Å²) in [5.41, 5.74) is 6.58. The molecule has 0 radical (unpaired) electrons. The smallest absolute Gasteiger partial charge is 0.314 e.